The number of hydrogen-bond acceptors (Lipinski definition) is 3. The van der Waals surface area contributed by atoms with Crippen LogP contribution in [0.2, 0.25) is 0 Å². The summed E-state index contributed by atoms with van der Waals surface area (Å²) in [5.74, 6) is 0.173. The molecule has 1 aromatic rings. The summed E-state index contributed by atoms with van der Waals surface area (Å²) < 4.78 is 0. The van der Waals surface area contributed by atoms with Gasteiger partial charge in [0.2, 0.25) is 5.91 Å². The van der Waals surface area contributed by atoms with Gasteiger partial charge < -0.3 is 15.5 Å². The number of piperazine rings is 1. The molecule has 1 aliphatic rings. The fourth-order valence-electron chi connectivity index (χ4n) is 2.49. The zero-order chi connectivity index (χ0) is 15.6. The van der Waals surface area contributed by atoms with E-state index < -0.39 is 0 Å². The second kappa shape index (κ2) is 6.16. The van der Waals surface area contributed by atoms with Gasteiger partial charge in [0, 0.05) is 43.3 Å². The lowest BCUT2D eigenvalue weighted by molar-refractivity contribution is -0.135. The molecular weight excluding hydrogens is 266 g/mol. The molecule has 0 atom stereocenters. The molecule has 2 rings (SSSR count). The minimum Gasteiger partial charge on any atom is -0.399 e. The Kier molecular flexibility index (Phi) is 4.50. The molecule has 0 radical (unpaired) electrons. The van der Waals surface area contributed by atoms with Gasteiger partial charge >= 0.3 is 0 Å². The zero-order valence-corrected chi connectivity index (χ0v) is 12.9. The molecule has 0 aliphatic carbocycles. The molecule has 2 N–H and O–H groups in total. The molecule has 2 amide bonds. The third-order valence-corrected chi connectivity index (χ3v) is 3.89. The molecule has 0 bridgehead atoms. The summed E-state index contributed by atoms with van der Waals surface area (Å²) in [5.41, 5.74) is 8.04. The van der Waals surface area contributed by atoms with Crippen molar-refractivity contribution in [2.24, 2.45) is 5.92 Å². The van der Waals surface area contributed by atoms with Gasteiger partial charge in [-0.1, -0.05) is 13.8 Å². The van der Waals surface area contributed by atoms with E-state index in [1.54, 1.807) is 17.0 Å². The number of carbonyl (C=O) groups is 2. The van der Waals surface area contributed by atoms with Gasteiger partial charge in [0.1, 0.15) is 0 Å². The van der Waals surface area contributed by atoms with E-state index in [2.05, 4.69) is 0 Å². The van der Waals surface area contributed by atoms with Crippen molar-refractivity contribution in [3.05, 3.63) is 29.3 Å². The van der Waals surface area contributed by atoms with Crippen molar-refractivity contribution in [2.75, 3.05) is 31.9 Å². The first-order valence-corrected chi connectivity index (χ1v) is 7.34. The van der Waals surface area contributed by atoms with Crippen molar-refractivity contribution in [1.29, 1.82) is 0 Å². The van der Waals surface area contributed by atoms with Crippen molar-refractivity contribution < 1.29 is 9.59 Å². The Bertz CT molecular complexity index is 546. The highest BCUT2D eigenvalue weighted by molar-refractivity contribution is 5.95. The number of anilines is 1. The lowest BCUT2D eigenvalue weighted by Crippen LogP contribution is -2.51. The zero-order valence-electron chi connectivity index (χ0n) is 12.9. The monoisotopic (exact) mass is 289 g/mol. The highest BCUT2D eigenvalue weighted by Crippen LogP contribution is 2.16. The molecule has 1 aliphatic heterocycles. The third-order valence-electron chi connectivity index (χ3n) is 3.89. The highest BCUT2D eigenvalue weighted by Gasteiger charge is 2.25. The molecule has 0 saturated carbocycles. The van der Waals surface area contributed by atoms with Crippen LogP contribution in [0, 0.1) is 12.8 Å². The summed E-state index contributed by atoms with van der Waals surface area (Å²) in [6.07, 6.45) is 0. The van der Waals surface area contributed by atoms with Crippen molar-refractivity contribution >= 4 is 17.5 Å². The molecule has 1 fully saturated rings. The predicted molar refractivity (Wildman–Crippen MR) is 82.9 cm³/mol. The van der Waals surface area contributed by atoms with E-state index >= 15 is 0 Å². The number of carbonyl (C=O) groups excluding carboxylic acids is 2. The molecule has 0 unspecified atom stereocenters. The lowest BCUT2D eigenvalue weighted by Gasteiger charge is -2.35. The first-order valence-electron chi connectivity index (χ1n) is 7.34. The molecule has 0 aromatic heterocycles. The Balaban J connectivity index is 2.00. The summed E-state index contributed by atoms with van der Waals surface area (Å²) in [6.45, 7) is 8.08. The van der Waals surface area contributed by atoms with E-state index in [4.69, 9.17) is 5.73 Å². The molecular formula is C16H23N3O2. The van der Waals surface area contributed by atoms with E-state index in [0.29, 0.717) is 37.4 Å². The standard InChI is InChI=1S/C16H23N3O2/c1-11(2)15(20)18-6-8-19(9-7-18)16(21)13-4-5-14(17)12(3)10-13/h4-5,10-11H,6-9,17H2,1-3H3. The molecule has 21 heavy (non-hydrogen) atoms. The number of benzene rings is 1. The Morgan fingerprint density at radius 3 is 2.19 bits per heavy atom. The topological polar surface area (TPSA) is 66.6 Å². The molecule has 1 aromatic carbocycles. The van der Waals surface area contributed by atoms with E-state index in [1.165, 1.54) is 0 Å². The number of aryl methyl sites for hydroxylation is 1. The SMILES string of the molecule is Cc1cc(C(=O)N2CCN(C(=O)C(C)C)CC2)ccc1N. The summed E-state index contributed by atoms with van der Waals surface area (Å²) in [6, 6.07) is 5.35. The van der Waals surface area contributed by atoms with Gasteiger partial charge in [0.15, 0.2) is 0 Å². The Morgan fingerprint density at radius 1 is 1.10 bits per heavy atom. The van der Waals surface area contributed by atoms with Gasteiger partial charge in [-0.15, -0.1) is 0 Å². The van der Waals surface area contributed by atoms with E-state index in [1.807, 2.05) is 31.7 Å². The number of amides is 2. The maximum absolute atomic E-state index is 12.5. The van der Waals surface area contributed by atoms with E-state index in [9.17, 15) is 9.59 Å². The van der Waals surface area contributed by atoms with Gasteiger partial charge in [-0.25, -0.2) is 0 Å². The minimum absolute atomic E-state index is 0.00648. The fraction of sp³-hybridized carbons (Fsp3) is 0.500. The van der Waals surface area contributed by atoms with Crippen LogP contribution in [0.1, 0.15) is 29.8 Å². The Hall–Kier alpha value is -2.04. The van der Waals surface area contributed by atoms with Gasteiger partial charge in [-0.2, -0.15) is 0 Å². The van der Waals surface area contributed by atoms with Gasteiger partial charge in [0.05, 0.1) is 0 Å². The minimum atomic E-state index is 0.00648. The summed E-state index contributed by atoms with van der Waals surface area (Å²) in [7, 11) is 0. The van der Waals surface area contributed by atoms with Crippen LogP contribution in [-0.2, 0) is 4.79 Å². The number of rotatable bonds is 2. The maximum Gasteiger partial charge on any atom is 0.253 e. The summed E-state index contributed by atoms with van der Waals surface area (Å²) >= 11 is 0. The second-order valence-electron chi connectivity index (χ2n) is 5.84. The quantitative estimate of drug-likeness (QED) is 0.839. The summed E-state index contributed by atoms with van der Waals surface area (Å²) in [4.78, 5) is 28.0. The van der Waals surface area contributed by atoms with E-state index in [-0.39, 0.29) is 17.7 Å². The van der Waals surface area contributed by atoms with E-state index in [0.717, 1.165) is 5.56 Å². The molecule has 114 valence electrons. The van der Waals surface area contributed by atoms with Crippen LogP contribution in [0.4, 0.5) is 5.69 Å². The maximum atomic E-state index is 12.5. The van der Waals surface area contributed by atoms with Crippen molar-refractivity contribution in [3.63, 3.8) is 0 Å². The average Bonchev–Trinajstić information content (AvgIpc) is 2.48. The Morgan fingerprint density at radius 2 is 1.67 bits per heavy atom. The Labute approximate surface area is 125 Å². The van der Waals surface area contributed by atoms with Crippen LogP contribution in [0.25, 0.3) is 0 Å². The van der Waals surface area contributed by atoms with Crippen LogP contribution in [0.15, 0.2) is 18.2 Å². The largest absolute Gasteiger partial charge is 0.399 e. The van der Waals surface area contributed by atoms with Crippen LogP contribution < -0.4 is 5.73 Å². The third kappa shape index (κ3) is 3.35. The smallest absolute Gasteiger partial charge is 0.253 e. The first kappa shape index (κ1) is 15.4. The van der Waals surface area contributed by atoms with Gasteiger partial charge in [0.25, 0.3) is 5.91 Å². The fourth-order valence-corrected chi connectivity index (χ4v) is 2.49. The number of hydrogen-bond donors (Lipinski definition) is 1. The second-order valence-corrected chi connectivity index (χ2v) is 5.84. The predicted octanol–water partition coefficient (Wildman–Crippen LogP) is 1.52. The first-order chi connectivity index (χ1) is 9.90. The van der Waals surface area contributed by atoms with Crippen LogP contribution in [-0.4, -0.2) is 47.8 Å². The normalized spacial score (nSPS) is 15.4. The number of nitrogens with two attached hydrogens (primary N) is 1. The molecule has 5 heteroatoms. The van der Waals surface area contributed by atoms with Crippen molar-refractivity contribution in [3.8, 4) is 0 Å². The van der Waals surface area contributed by atoms with Crippen LogP contribution in [0.3, 0.4) is 0 Å². The molecule has 1 saturated heterocycles. The number of nitrogen functional groups attached to an aromatic ring is 1. The van der Waals surface area contributed by atoms with Crippen molar-refractivity contribution in [2.45, 2.75) is 20.8 Å². The van der Waals surface area contributed by atoms with Gasteiger partial charge in [-0.05, 0) is 30.7 Å². The molecule has 1 heterocycles. The molecule has 0 spiro atoms. The van der Waals surface area contributed by atoms with Crippen LogP contribution >= 0.6 is 0 Å². The average molecular weight is 289 g/mol. The summed E-state index contributed by atoms with van der Waals surface area (Å²) in [5, 5.41) is 0. The van der Waals surface area contributed by atoms with Crippen LogP contribution in [0.5, 0.6) is 0 Å². The number of nitrogens with zero attached hydrogens (tertiary/aromatic N) is 2. The van der Waals surface area contributed by atoms with Crippen molar-refractivity contribution in [1.82, 2.24) is 9.80 Å². The lowest BCUT2D eigenvalue weighted by atomic mass is 10.1. The van der Waals surface area contributed by atoms with Gasteiger partial charge in [-0.3, -0.25) is 9.59 Å². The highest BCUT2D eigenvalue weighted by atomic mass is 16.2. The molecule has 5 nitrogen and oxygen atoms in total.